The lowest BCUT2D eigenvalue weighted by Crippen LogP contribution is -2.56. The van der Waals surface area contributed by atoms with Gasteiger partial charge in [-0.2, -0.15) is 13.2 Å². The summed E-state index contributed by atoms with van der Waals surface area (Å²) in [5, 5.41) is 3.18. The van der Waals surface area contributed by atoms with Crippen molar-refractivity contribution in [2.24, 2.45) is 10.9 Å². The Morgan fingerprint density at radius 2 is 1.96 bits per heavy atom. The van der Waals surface area contributed by atoms with Crippen LogP contribution in [0.5, 0.6) is 0 Å². The zero-order chi connectivity index (χ0) is 20.0. The number of guanidine groups is 1. The fourth-order valence-electron chi connectivity index (χ4n) is 4.43. The van der Waals surface area contributed by atoms with Crippen LogP contribution < -0.4 is 5.32 Å². The average molecular weight is 397 g/mol. The molecule has 7 heteroatoms. The molecule has 2 atom stereocenters. The Hall–Kier alpha value is -1.76. The lowest BCUT2D eigenvalue weighted by atomic mass is 9.83. The van der Waals surface area contributed by atoms with E-state index >= 15 is 0 Å². The van der Waals surface area contributed by atoms with Gasteiger partial charge in [-0.3, -0.25) is 9.89 Å². The van der Waals surface area contributed by atoms with Crippen molar-refractivity contribution in [1.29, 1.82) is 0 Å². The summed E-state index contributed by atoms with van der Waals surface area (Å²) in [4.78, 5) is 9.00. The van der Waals surface area contributed by atoms with Crippen LogP contribution in [0.15, 0.2) is 35.3 Å². The number of piperidine rings is 2. The molecule has 2 fully saturated rings. The van der Waals surface area contributed by atoms with Gasteiger partial charge in [0.25, 0.3) is 0 Å². The van der Waals surface area contributed by atoms with Gasteiger partial charge in [-0.05, 0) is 44.2 Å². The number of nitrogens with one attached hydrogen (secondary N) is 1. The number of halogens is 3. The van der Waals surface area contributed by atoms with E-state index in [1.54, 1.807) is 0 Å². The molecule has 1 aromatic carbocycles. The number of alkyl halides is 3. The third-order valence-corrected chi connectivity index (χ3v) is 5.70. The standard InChI is InChI=1S/C21H31F3N4/c1-2-25-20(26-12-11-21(22,23)24)28-14-10-19-18(16-28)9-6-13-27(19)15-17-7-4-3-5-8-17/h3-5,7-8,18-19H,2,6,9-16H2,1H3,(H,25,26). The highest BCUT2D eigenvalue weighted by Crippen LogP contribution is 2.31. The third kappa shape index (κ3) is 5.87. The van der Waals surface area contributed by atoms with Crippen molar-refractivity contribution in [2.75, 3.05) is 32.7 Å². The first-order chi connectivity index (χ1) is 13.5. The minimum absolute atomic E-state index is 0.212. The Labute approximate surface area is 165 Å². The van der Waals surface area contributed by atoms with Gasteiger partial charge in [0.1, 0.15) is 0 Å². The molecule has 0 aliphatic carbocycles. The predicted molar refractivity (Wildman–Crippen MR) is 106 cm³/mol. The second-order valence-corrected chi connectivity index (χ2v) is 7.76. The first-order valence-corrected chi connectivity index (χ1v) is 10.3. The fourth-order valence-corrected chi connectivity index (χ4v) is 4.43. The third-order valence-electron chi connectivity index (χ3n) is 5.70. The van der Waals surface area contributed by atoms with Crippen LogP contribution in [0.2, 0.25) is 0 Å². The Morgan fingerprint density at radius 1 is 1.18 bits per heavy atom. The maximum Gasteiger partial charge on any atom is 0.390 e. The summed E-state index contributed by atoms with van der Waals surface area (Å²) < 4.78 is 37.4. The van der Waals surface area contributed by atoms with Crippen molar-refractivity contribution in [3.8, 4) is 0 Å². The Kier molecular flexibility index (Phi) is 7.21. The van der Waals surface area contributed by atoms with E-state index in [0.29, 0.717) is 24.5 Å². The van der Waals surface area contributed by atoms with Crippen molar-refractivity contribution in [1.82, 2.24) is 15.1 Å². The minimum Gasteiger partial charge on any atom is -0.357 e. The van der Waals surface area contributed by atoms with Gasteiger partial charge >= 0.3 is 6.18 Å². The molecule has 0 radical (unpaired) electrons. The number of nitrogens with zero attached hydrogens (tertiary/aromatic N) is 3. The molecule has 0 aromatic heterocycles. The smallest absolute Gasteiger partial charge is 0.357 e. The summed E-state index contributed by atoms with van der Waals surface area (Å²) in [7, 11) is 0. The van der Waals surface area contributed by atoms with Gasteiger partial charge in [0.05, 0.1) is 13.0 Å². The molecule has 2 aliphatic rings. The lowest BCUT2D eigenvalue weighted by molar-refractivity contribution is -0.132. The summed E-state index contributed by atoms with van der Waals surface area (Å²) in [6, 6.07) is 11.1. The molecule has 4 nitrogen and oxygen atoms in total. The van der Waals surface area contributed by atoms with Crippen LogP contribution in [0, 0.1) is 5.92 Å². The molecular weight excluding hydrogens is 365 g/mol. The highest BCUT2D eigenvalue weighted by atomic mass is 19.4. The van der Waals surface area contributed by atoms with E-state index in [0.717, 1.165) is 32.6 Å². The highest BCUT2D eigenvalue weighted by molar-refractivity contribution is 5.80. The zero-order valence-corrected chi connectivity index (χ0v) is 16.6. The molecule has 2 unspecified atom stereocenters. The van der Waals surface area contributed by atoms with Crippen LogP contribution in [-0.4, -0.2) is 60.7 Å². The van der Waals surface area contributed by atoms with Gasteiger partial charge in [0, 0.05) is 32.2 Å². The minimum atomic E-state index is -4.16. The molecule has 28 heavy (non-hydrogen) atoms. The van der Waals surface area contributed by atoms with Crippen LogP contribution >= 0.6 is 0 Å². The maximum atomic E-state index is 12.5. The summed E-state index contributed by atoms with van der Waals surface area (Å²) >= 11 is 0. The molecule has 2 aliphatic heterocycles. The lowest BCUT2D eigenvalue weighted by Gasteiger charge is -2.48. The second-order valence-electron chi connectivity index (χ2n) is 7.76. The largest absolute Gasteiger partial charge is 0.390 e. The molecule has 0 bridgehead atoms. The van der Waals surface area contributed by atoms with Gasteiger partial charge in [-0.1, -0.05) is 30.3 Å². The van der Waals surface area contributed by atoms with Crippen molar-refractivity contribution < 1.29 is 13.2 Å². The molecule has 1 aromatic rings. The first kappa shape index (κ1) is 21.0. The SMILES string of the molecule is CCNC(=NCCC(F)(F)F)N1CCC2C(CCCN2Cc2ccccc2)C1. The van der Waals surface area contributed by atoms with Gasteiger partial charge < -0.3 is 10.2 Å². The van der Waals surface area contributed by atoms with Crippen molar-refractivity contribution >= 4 is 5.96 Å². The normalized spacial score (nSPS) is 24.1. The molecule has 2 heterocycles. The highest BCUT2D eigenvalue weighted by Gasteiger charge is 2.36. The molecule has 2 saturated heterocycles. The molecule has 156 valence electrons. The van der Waals surface area contributed by atoms with Gasteiger partial charge in [0.15, 0.2) is 5.96 Å². The van der Waals surface area contributed by atoms with Gasteiger partial charge in [-0.15, -0.1) is 0 Å². The van der Waals surface area contributed by atoms with Crippen molar-refractivity contribution in [3.05, 3.63) is 35.9 Å². The number of likely N-dealkylation sites (tertiary alicyclic amines) is 2. The maximum absolute atomic E-state index is 12.5. The monoisotopic (exact) mass is 396 g/mol. The van der Waals surface area contributed by atoms with Crippen LogP contribution in [0.1, 0.15) is 38.2 Å². The predicted octanol–water partition coefficient (Wildman–Crippen LogP) is 3.89. The van der Waals surface area contributed by atoms with E-state index in [1.807, 2.05) is 13.0 Å². The quantitative estimate of drug-likeness (QED) is 0.605. The Bertz CT molecular complexity index is 632. The van der Waals surface area contributed by atoms with Crippen LogP contribution in [-0.2, 0) is 6.54 Å². The molecule has 3 rings (SSSR count). The van der Waals surface area contributed by atoms with Crippen LogP contribution in [0.25, 0.3) is 0 Å². The van der Waals surface area contributed by atoms with E-state index < -0.39 is 12.6 Å². The Balaban J connectivity index is 1.61. The number of benzene rings is 1. The van der Waals surface area contributed by atoms with Crippen LogP contribution in [0.3, 0.4) is 0 Å². The summed E-state index contributed by atoms with van der Waals surface area (Å²) in [6.07, 6.45) is -1.65. The number of fused-ring (bicyclic) bond motifs is 1. The number of hydrogen-bond donors (Lipinski definition) is 1. The number of rotatable bonds is 5. The summed E-state index contributed by atoms with van der Waals surface area (Å²) in [5.74, 6) is 1.17. The van der Waals surface area contributed by atoms with Gasteiger partial charge in [0.2, 0.25) is 0 Å². The molecule has 1 N–H and O–H groups in total. The topological polar surface area (TPSA) is 30.9 Å². The first-order valence-electron chi connectivity index (χ1n) is 10.3. The average Bonchev–Trinajstić information content (AvgIpc) is 2.67. The van der Waals surface area contributed by atoms with E-state index in [4.69, 9.17) is 0 Å². The molecule has 0 spiro atoms. The van der Waals surface area contributed by atoms with Crippen molar-refractivity contribution in [3.63, 3.8) is 0 Å². The Morgan fingerprint density at radius 3 is 2.68 bits per heavy atom. The zero-order valence-electron chi connectivity index (χ0n) is 16.6. The van der Waals surface area contributed by atoms with E-state index in [9.17, 15) is 13.2 Å². The van der Waals surface area contributed by atoms with Gasteiger partial charge in [-0.25, -0.2) is 0 Å². The molecule has 0 saturated carbocycles. The second kappa shape index (κ2) is 9.63. The molecular formula is C21H31F3N4. The van der Waals surface area contributed by atoms with Crippen LogP contribution in [0.4, 0.5) is 13.2 Å². The fraction of sp³-hybridized carbons (Fsp3) is 0.667. The number of aliphatic imine (C=N–C) groups is 1. The van der Waals surface area contributed by atoms with E-state index in [2.05, 4.69) is 44.4 Å². The van der Waals surface area contributed by atoms with E-state index in [1.165, 1.54) is 18.4 Å². The number of hydrogen-bond acceptors (Lipinski definition) is 2. The summed E-state index contributed by atoms with van der Waals surface area (Å²) in [6.45, 7) is 6.20. The summed E-state index contributed by atoms with van der Waals surface area (Å²) in [5.41, 5.74) is 1.34. The van der Waals surface area contributed by atoms with E-state index in [-0.39, 0.29) is 6.54 Å². The molecule has 0 amide bonds. The van der Waals surface area contributed by atoms with Crippen molar-refractivity contribution in [2.45, 2.75) is 51.4 Å².